The molecule has 2 nitrogen and oxygen atoms in total. The number of hydrogen-bond acceptors (Lipinski definition) is 2. The number of carbonyl (C=O) groups excluding carboxylic acids is 1. The first-order valence-electron chi connectivity index (χ1n) is 8.24. The van der Waals surface area contributed by atoms with E-state index in [4.69, 9.17) is 0 Å². The maximum Gasteiger partial charge on any atom is 0.268 e. The molecular formula is C19H21NOS. The third-order valence-electron chi connectivity index (χ3n) is 4.90. The Hall–Kier alpha value is -1.61. The Morgan fingerprint density at radius 3 is 3.00 bits per heavy atom. The zero-order chi connectivity index (χ0) is 15.1. The molecule has 1 aliphatic carbocycles. The van der Waals surface area contributed by atoms with Crippen molar-refractivity contribution in [3.63, 3.8) is 0 Å². The number of amides is 1. The molecule has 2 aliphatic rings. The van der Waals surface area contributed by atoms with E-state index in [0.29, 0.717) is 0 Å². The Labute approximate surface area is 135 Å². The third-order valence-corrected chi connectivity index (χ3v) is 6.12. The molecule has 0 fully saturated rings. The van der Waals surface area contributed by atoms with Crippen molar-refractivity contribution in [2.45, 2.75) is 39.0 Å². The van der Waals surface area contributed by atoms with E-state index < -0.39 is 0 Å². The summed E-state index contributed by atoms with van der Waals surface area (Å²) in [6, 6.07) is 10.5. The molecule has 0 N–H and O–H groups in total. The largest absolute Gasteiger partial charge is 0.307 e. The van der Waals surface area contributed by atoms with Crippen LogP contribution in [-0.2, 0) is 19.3 Å². The maximum absolute atomic E-state index is 13.0. The normalized spacial score (nSPS) is 20.4. The van der Waals surface area contributed by atoms with Crippen LogP contribution in [0.1, 0.15) is 45.4 Å². The zero-order valence-corrected chi connectivity index (χ0v) is 13.8. The van der Waals surface area contributed by atoms with Crippen LogP contribution in [-0.4, -0.2) is 12.5 Å². The van der Waals surface area contributed by atoms with Crippen molar-refractivity contribution < 1.29 is 4.79 Å². The average molecular weight is 311 g/mol. The summed E-state index contributed by atoms with van der Waals surface area (Å²) in [7, 11) is 0. The van der Waals surface area contributed by atoms with Crippen LogP contribution < -0.4 is 4.90 Å². The van der Waals surface area contributed by atoms with Gasteiger partial charge in [0.05, 0.1) is 4.88 Å². The highest BCUT2D eigenvalue weighted by molar-refractivity contribution is 7.14. The average Bonchev–Trinajstić information content (AvgIpc) is 2.96. The Morgan fingerprint density at radius 2 is 2.09 bits per heavy atom. The first-order chi connectivity index (χ1) is 10.7. The lowest BCUT2D eigenvalue weighted by molar-refractivity contribution is 0.0989. The Morgan fingerprint density at radius 1 is 1.23 bits per heavy atom. The number of anilines is 1. The van der Waals surface area contributed by atoms with E-state index in [1.165, 1.54) is 22.4 Å². The van der Waals surface area contributed by atoms with Crippen LogP contribution in [0.4, 0.5) is 5.69 Å². The standard InChI is InChI=1S/C19H21NOS/c1-13-8-9-17-15(11-13)12-18(22-17)19(21)20-10-4-6-14-5-2-3-7-16(14)20/h2-3,5,7,12-13H,4,6,8-11H2,1H3/t13-/m0/s1. The molecule has 0 saturated heterocycles. The van der Waals surface area contributed by atoms with Gasteiger partial charge in [0, 0.05) is 17.1 Å². The van der Waals surface area contributed by atoms with Gasteiger partial charge in [-0.05, 0) is 61.3 Å². The minimum Gasteiger partial charge on any atom is -0.307 e. The lowest BCUT2D eigenvalue weighted by Gasteiger charge is -2.29. The quantitative estimate of drug-likeness (QED) is 0.761. The first-order valence-corrected chi connectivity index (χ1v) is 9.05. The number of nitrogens with zero attached hydrogens (tertiary/aromatic N) is 1. The Bertz CT molecular complexity index is 718. The smallest absolute Gasteiger partial charge is 0.268 e. The monoisotopic (exact) mass is 311 g/mol. The number of thiophene rings is 1. The molecule has 4 rings (SSSR count). The predicted octanol–water partition coefficient (Wildman–Crippen LogP) is 4.47. The number of fused-ring (bicyclic) bond motifs is 2. The van der Waals surface area contributed by atoms with Crippen LogP contribution in [0.15, 0.2) is 30.3 Å². The van der Waals surface area contributed by atoms with Crippen LogP contribution >= 0.6 is 11.3 Å². The highest BCUT2D eigenvalue weighted by Gasteiger charge is 2.26. The van der Waals surface area contributed by atoms with Gasteiger partial charge in [0.25, 0.3) is 5.91 Å². The fraction of sp³-hybridized carbons (Fsp3) is 0.421. The van der Waals surface area contributed by atoms with E-state index in [9.17, 15) is 4.79 Å². The van der Waals surface area contributed by atoms with Gasteiger partial charge < -0.3 is 4.90 Å². The molecule has 3 heteroatoms. The molecule has 1 amide bonds. The summed E-state index contributed by atoms with van der Waals surface area (Å²) in [4.78, 5) is 17.3. The van der Waals surface area contributed by atoms with Crippen molar-refractivity contribution in [1.29, 1.82) is 0 Å². The zero-order valence-electron chi connectivity index (χ0n) is 13.0. The van der Waals surface area contributed by atoms with Crippen LogP contribution in [0.5, 0.6) is 0 Å². The van der Waals surface area contributed by atoms with E-state index in [0.717, 1.165) is 48.7 Å². The summed E-state index contributed by atoms with van der Waals surface area (Å²) >= 11 is 1.72. The molecule has 1 aromatic carbocycles. The Kier molecular flexibility index (Phi) is 3.53. The van der Waals surface area contributed by atoms with E-state index in [1.54, 1.807) is 11.3 Å². The second-order valence-electron chi connectivity index (χ2n) is 6.60. The minimum absolute atomic E-state index is 0.194. The van der Waals surface area contributed by atoms with Crippen molar-refractivity contribution in [1.82, 2.24) is 0 Å². The predicted molar refractivity (Wildman–Crippen MR) is 91.9 cm³/mol. The van der Waals surface area contributed by atoms with E-state index in [1.807, 2.05) is 11.0 Å². The SMILES string of the molecule is C[C@H]1CCc2sc(C(=O)N3CCCc4ccccc43)cc2C1. The van der Waals surface area contributed by atoms with Crippen molar-refractivity contribution in [3.05, 3.63) is 51.2 Å². The molecule has 1 aliphatic heterocycles. The van der Waals surface area contributed by atoms with E-state index >= 15 is 0 Å². The molecule has 0 bridgehead atoms. The van der Waals surface area contributed by atoms with Gasteiger partial charge in [0.2, 0.25) is 0 Å². The van der Waals surface area contributed by atoms with Gasteiger partial charge in [-0.1, -0.05) is 25.1 Å². The van der Waals surface area contributed by atoms with Crippen molar-refractivity contribution >= 4 is 22.9 Å². The van der Waals surface area contributed by atoms with Gasteiger partial charge in [-0.25, -0.2) is 0 Å². The van der Waals surface area contributed by atoms with Gasteiger partial charge in [-0.2, -0.15) is 0 Å². The first kappa shape index (κ1) is 14.0. The summed E-state index contributed by atoms with van der Waals surface area (Å²) in [5.41, 5.74) is 3.83. The van der Waals surface area contributed by atoms with Crippen LogP contribution in [0.2, 0.25) is 0 Å². The number of benzene rings is 1. The van der Waals surface area contributed by atoms with Gasteiger partial charge in [-0.3, -0.25) is 4.79 Å². The highest BCUT2D eigenvalue weighted by atomic mass is 32.1. The molecule has 0 spiro atoms. The van der Waals surface area contributed by atoms with Crippen LogP contribution in [0, 0.1) is 5.92 Å². The molecule has 22 heavy (non-hydrogen) atoms. The van der Waals surface area contributed by atoms with Gasteiger partial charge >= 0.3 is 0 Å². The summed E-state index contributed by atoms with van der Waals surface area (Å²) in [5.74, 6) is 0.944. The van der Waals surface area contributed by atoms with Crippen LogP contribution in [0.3, 0.4) is 0 Å². The number of rotatable bonds is 1. The van der Waals surface area contributed by atoms with Crippen LogP contribution in [0.25, 0.3) is 0 Å². The lowest BCUT2D eigenvalue weighted by atomic mass is 9.90. The molecule has 0 unspecified atom stereocenters. The molecule has 1 atom stereocenters. The van der Waals surface area contributed by atoms with E-state index in [2.05, 4.69) is 31.2 Å². The lowest BCUT2D eigenvalue weighted by Crippen LogP contribution is -2.34. The molecule has 0 saturated carbocycles. The summed E-state index contributed by atoms with van der Waals surface area (Å²) < 4.78 is 0. The summed E-state index contributed by atoms with van der Waals surface area (Å²) in [6.45, 7) is 3.15. The van der Waals surface area contributed by atoms with E-state index in [-0.39, 0.29) is 5.91 Å². The van der Waals surface area contributed by atoms with Crippen molar-refractivity contribution in [3.8, 4) is 0 Å². The third kappa shape index (κ3) is 2.38. The molecular weight excluding hydrogens is 290 g/mol. The molecule has 2 aromatic rings. The minimum atomic E-state index is 0.194. The van der Waals surface area contributed by atoms with Gasteiger partial charge in [0.15, 0.2) is 0 Å². The second kappa shape index (κ2) is 5.54. The molecule has 2 heterocycles. The van der Waals surface area contributed by atoms with Gasteiger partial charge in [0.1, 0.15) is 0 Å². The maximum atomic E-state index is 13.0. The van der Waals surface area contributed by atoms with Crippen molar-refractivity contribution in [2.24, 2.45) is 5.92 Å². The number of aryl methyl sites for hydroxylation is 2. The number of carbonyl (C=O) groups is 1. The Balaban J connectivity index is 1.66. The number of para-hydroxylation sites is 1. The summed E-state index contributed by atoms with van der Waals surface area (Å²) in [6.07, 6.45) is 5.68. The fourth-order valence-electron chi connectivity index (χ4n) is 3.69. The number of hydrogen-bond donors (Lipinski definition) is 0. The van der Waals surface area contributed by atoms with Crippen molar-refractivity contribution in [2.75, 3.05) is 11.4 Å². The van der Waals surface area contributed by atoms with Gasteiger partial charge in [-0.15, -0.1) is 11.3 Å². The summed E-state index contributed by atoms with van der Waals surface area (Å²) in [5, 5.41) is 0. The fourth-order valence-corrected chi connectivity index (χ4v) is 4.85. The second-order valence-corrected chi connectivity index (χ2v) is 7.73. The highest BCUT2D eigenvalue weighted by Crippen LogP contribution is 2.34. The molecule has 1 aromatic heterocycles. The molecule has 0 radical (unpaired) electrons. The topological polar surface area (TPSA) is 20.3 Å². The molecule has 114 valence electrons.